The summed E-state index contributed by atoms with van der Waals surface area (Å²) in [5, 5.41) is 3.65. The van der Waals surface area contributed by atoms with Gasteiger partial charge in [-0.1, -0.05) is 11.2 Å². The summed E-state index contributed by atoms with van der Waals surface area (Å²) in [6.45, 7) is 1.50. The van der Waals surface area contributed by atoms with Crippen LogP contribution in [0.5, 0.6) is 11.5 Å². The second-order valence-electron chi connectivity index (χ2n) is 3.64. The number of Topliss-reactive ketones (excluding diaryl/α,β-unsaturated/α-hetero) is 1. The van der Waals surface area contributed by atoms with Crippen LogP contribution in [0.1, 0.15) is 18.4 Å². The number of benzene rings is 1. The van der Waals surface area contributed by atoms with Gasteiger partial charge in [-0.2, -0.15) is 0 Å². The van der Waals surface area contributed by atoms with E-state index in [-0.39, 0.29) is 5.78 Å². The van der Waals surface area contributed by atoms with Gasteiger partial charge in [0.25, 0.3) is 0 Å². The molecule has 18 heavy (non-hydrogen) atoms. The molecule has 98 valence electrons. The van der Waals surface area contributed by atoms with E-state index < -0.39 is 5.92 Å². The minimum atomic E-state index is -0.454. The van der Waals surface area contributed by atoms with Gasteiger partial charge in [0.1, 0.15) is 12.9 Å². The number of hydrogen-bond acceptors (Lipinski definition) is 5. The predicted molar refractivity (Wildman–Crippen MR) is 68.5 cm³/mol. The average Bonchev–Trinajstić information content (AvgIpc) is 2.38. The maximum absolute atomic E-state index is 11.6. The third kappa shape index (κ3) is 3.23. The van der Waals surface area contributed by atoms with Gasteiger partial charge in [-0.15, -0.1) is 0 Å². The molecule has 0 heterocycles. The van der Waals surface area contributed by atoms with Crippen LogP contribution in [-0.4, -0.2) is 33.3 Å². The molecule has 5 nitrogen and oxygen atoms in total. The van der Waals surface area contributed by atoms with E-state index in [2.05, 4.69) is 9.99 Å². The van der Waals surface area contributed by atoms with Crippen molar-refractivity contribution in [3.05, 3.63) is 23.8 Å². The minimum Gasteiger partial charge on any atom is -0.493 e. The summed E-state index contributed by atoms with van der Waals surface area (Å²) in [4.78, 5) is 16.2. The highest BCUT2D eigenvalue weighted by molar-refractivity contribution is 5.99. The van der Waals surface area contributed by atoms with Crippen molar-refractivity contribution in [3.63, 3.8) is 0 Å². The largest absolute Gasteiger partial charge is 0.493 e. The highest BCUT2D eigenvalue weighted by Crippen LogP contribution is 2.30. The van der Waals surface area contributed by atoms with Crippen molar-refractivity contribution in [3.8, 4) is 11.5 Å². The molecule has 0 aliphatic rings. The standard InChI is InChI=1S/C13H17NO4/c1-9(15)11(8-14-18-4)10-5-6-12(16-2)13(7-10)17-3/h5-8,11H,1-4H3/b14-8+. The van der Waals surface area contributed by atoms with Crippen molar-refractivity contribution in [1.82, 2.24) is 0 Å². The summed E-state index contributed by atoms with van der Waals surface area (Å²) in [7, 11) is 4.54. The fourth-order valence-electron chi connectivity index (χ4n) is 1.59. The van der Waals surface area contributed by atoms with Gasteiger partial charge < -0.3 is 14.3 Å². The first-order chi connectivity index (χ1) is 8.63. The number of ether oxygens (including phenoxy) is 2. The Morgan fingerprint density at radius 3 is 2.39 bits per heavy atom. The second-order valence-corrected chi connectivity index (χ2v) is 3.64. The van der Waals surface area contributed by atoms with Gasteiger partial charge in [-0.3, -0.25) is 4.79 Å². The van der Waals surface area contributed by atoms with Crippen molar-refractivity contribution < 1.29 is 19.1 Å². The highest BCUT2D eigenvalue weighted by Gasteiger charge is 2.17. The van der Waals surface area contributed by atoms with E-state index in [0.29, 0.717) is 11.5 Å². The van der Waals surface area contributed by atoms with Crippen LogP contribution in [0.2, 0.25) is 0 Å². The summed E-state index contributed by atoms with van der Waals surface area (Å²) >= 11 is 0. The lowest BCUT2D eigenvalue weighted by atomic mass is 9.96. The fraction of sp³-hybridized carbons (Fsp3) is 0.385. The Hall–Kier alpha value is -2.04. The zero-order valence-electron chi connectivity index (χ0n) is 11.0. The smallest absolute Gasteiger partial charge is 0.161 e. The normalized spacial score (nSPS) is 12.2. The third-order valence-electron chi connectivity index (χ3n) is 2.52. The topological polar surface area (TPSA) is 57.1 Å². The molecule has 0 aliphatic heterocycles. The van der Waals surface area contributed by atoms with Gasteiger partial charge in [-0.25, -0.2) is 0 Å². The summed E-state index contributed by atoms with van der Waals surface area (Å²) in [5.41, 5.74) is 0.779. The van der Waals surface area contributed by atoms with Crippen LogP contribution >= 0.6 is 0 Å². The van der Waals surface area contributed by atoms with Crippen LogP contribution in [0.25, 0.3) is 0 Å². The number of methoxy groups -OCH3 is 2. The molecular weight excluding hydrogens is 234 g/mol. The molecule has 0 radical (unpaired) electrons. The number of hydrogen-bond donors (Lipinski definition) is 0. The van der Waals surface area contributed by atoms with Crippen LogP contribution in [0.15, 0.2) is 23.4 Å². The van der Waals surface area contributed by atoms with E-state index in [9.17, 15) is 4.79 Å². The van der Waals surface area contributed by atoms with E-state index >= 15 is 0 Å². The van der Waals surface area contributed by atoms with Crippen molar-refractivity contribution in [2.24, 2.45) is 5.16 Å². The van der Waals surface area contributed by atoms with Crippen LogP contribution in [0.3, 0.4) is 0 Å². The number of oxime groups is 1. The SMILES string of the molecule is CO/N=C/C(C(C)=O)c1ccc(OC)c(OC)c1. The van der Waals surface area contributed by atoms with E-state index in [1.54, 1.807) is 32.4 Å². The molecule has 0 aromatic heterocycles. The lowest BCUT2D eigenvalue weighted by molar-refractivity contribution is -0.117. The molecule has 0 amide bonds. The van der Waals surface area contributed by atoms with Gasteiger partial charge in [0.05, 0.1) is 26.4 Å². The Kier molecular flexibility index (Phi) is 5.17. The number of rotatable bonds is 6. The minimum absolute atomic E-state index is 0.0250. The van der Waals surface area contributed by atoms with E-state index in [1.165, 1.54) is 20.2 Å². The zero-order valence-corrected chi connectivity index (χ0v) is 11.0. The Morgan fingerprint density at radius 1 is 1.22 bits per heavy atom. The van der Waals surface area contributed by atoms with Crippen molar-refractivity contribution in [1.29, 1.82) is 0 Å². The quantitative estimate of drug-likeness (QED) is 0.573. The van der Waals surface area contributed by atoms with Crippen molar-refractivity contribution in [2.45, 2.75) is 12.8 Å². The molecule has 0 N–H and O–H groups in total. The van der Waals surface area contributed by atoms with E-state index in [0.717, 1.165) is 5.56 Å². The van der Waals surface area contributed by atoms with Crippen LogP contribution in [0.4, 0.5) is 0 Å². The van der Waals surface area contributed by atoms with Gasteiger partial charge in [0.15, 0.2) is 11.5 Å². The molecule has 0 aliphatic carbocycles. The first-order valence-corrected chi connectivity index (χ1v) is 5.43. The lowest BCUT2D eigenvalue weighted by Gasteiger charge is -2.12. The van der Waals surface area contributed by atoms with Crippen molar-refractivity contribution in [2.75, 3.05) is 21.3 Å². The first kappa shape index (κ1) is 14.0. The lowest BCUT2D eigenvalue weighted by Crippen LogP contribution is -2.10. The molecule has 0 bridgehead atoms. The molecule has 1 aromatic carbocycles. The van der Waals surface area contributed by atoms with Gasteiger partial charge in [0.2, 0.25) is 0 Å². The zero-order chi connectivity index (χ0) is 13.5. The Balaban J connectivity index is 3.13. The number of carbonyl (C=O) groups is 1. The molecule has 0 saturated carbocycles. The monoisotopic (exact) mass is 251 g/mol. The number of nitrogens with zero attached hydrogens (tertiary/aromatic N) is 1. The van der Waals surface area contributed by atoms with Gasteiger partial charge >= 0.3 is 0 Å². The van der Waals surface area contributed by atoms with Crippen LogP contribution in [0, 0.1) is 0 Å². The average molecular weight is 251 g/mol. The Labute approximate surface area is 106 Å². The molecule has 1 rings (SSSR count). The van der Waals surface area contributed by atoms with Crippen LogP contribution in [-0.2, 0) is 9.63 Å². The molecule has 1 atom stereocenters. The van der Waals surface area contributed by atoms with Gasteiger partial charge in [0, 0.05) is 0 Å². The molecule has 0 fully saturated rings. The number of ketones is 1. The first-order valence-electron chi connectivity index (χ1n) is 5.43. The third-order valence-corrected chi connectivity index (χ3v) is 2.52. The number of carbonyl (C=O) groups excluding carboxylic acids is 1. The molecule has 0 saturated heterocycles. The molecular formula is C13H17NO4. The van der Waals surface area contributed by atoms with Gasteiger partial charge in [-0.05, 0) is 24.6 Å². The second kappa shape index (κ2) is 6.64. The summed E-state index contributed by atoms with van der Waals surface area (Å²) in [6, 6.07) is 5.31. The highest BCUT2D eigenvalue weighted by atomic mass is 16.6. The molecule has 5 heteroatoms. The molecule has 1 aromatic rings. The van der Waals surface area contributed by atoms with E-state index in [1.807, 2.05) is 0 Å². The van der Waals surface area contributed by atoms with E-state index in [4.69, 9.17) is 9.47 Å². The molecule has 1 unspecified atom stereocenters. The maximum Gasteiger partial charge on any atom is 0.161 e. The maximum atomic E-state index is 11.6. The Bertz CT molecular complexity index is 443. The van der Waals surface area contributed by atoms with Crippen LogP contribution < -0.4 is 9.47 Å². The summed E-state index contributed by atoms with van der Waals surface area (Å²) < 4.78 is 10.3. The fourth-order valence-corrected chi connectivity index (χ4v) is 1.59. The predicted octanol–water partition coefficient (Wildman–Crippen LogP) is 2.01. The summed E-state index contributed by atoms with van der Waals surface area (Å²) in [5.74, 6) is 0.715. The Morgan fingerprint density at radius 2 is 1.89 bits per heavy atom. The molecule has 0 spiro atoms. The van der Waals surface area contributed by atoms with Crippen molar-refractivity contribution >= 4 is 12.0 Å². The summed E-state index contributed by atoms with van der Waals surface area (Å²) in [6.07, 6.45) is 1.46.